The second-order valence-electron chi connectivity index (χ2n) is 8.49. The molecule has 0 bridgehead atoms. The number of hydrogen-bond donors (Lipinski definition) is 0. The molecule has 2 amide bonds. The maximum Gasteiger partial charge on any atom is 0.416 e. The molecule has 192 valence electrons. The number of benzene rings is 3. The minimum atomic E-state index is -4.51. The van der Waals surface area contributed by atoms with Gasteiger partial charge in [-0.25, -0.2) is 5.01 Å². The number of carbonyl (C=O) groups is 2. The molecule has 0 saturated heterocycles. The summed E-state index contributed by atoms with van der Waals surface area (Å²) in [4.78, 5) is 27.3. The van der Waals surface area contributed by atoms with Crippen LogP contribution in [0.4, 0.5) is 13.2 Å². The maximum absolute atomic E-state index is 13.4. The Labute approximate surface area is 216 Å². The van der Waals surface area contributed by atoms with Crippen molar-refractivity contribution in [3.63, 3.8) is 0 Å². The van der Waals surface area contributed by atoms with E-state index in [-0.39, 0.29) is 12.1 Å². The lowest BCUT2D eigenvalue weighted by molar-refractivity contribution is -0.137. The fourth-order valence-corrected chi connectivity index (χ4v) is 4.34. The summed E-state index contributed by atoms with van der Waals surface area (Å²) < 4.78 is 43.9. The van der Waals surface area contributed by atoms with Crippen LogP contribution in [0.5, 0.6) is 5.75 Å². The third-order valence-electron chi connectivity index (χ3n) is 6.01. The van der Waals surface area contributed by atoms with Crippen LogP contribution in [0.15, 0.2) is 77.9 Å². The molecule has 0 aliphatic carbocycles. The number of hydrazone groups is 1. The Bertz CT molecular complexity index is 1340. The van der Waals surface area contributed by atoms with E-state index in [4.69, 9.17) is 16.3 Å². The van der Waals surface area contributed by atoms with E-state index < -0.39 is 29.6 Å². The van der Waals surface area contributed by atoms with Gasteiger partial charge < -0.3 is 9.64 Å². The summed E-state index contributed by atoms with van der Waals surface area (Å²) in [5.41, 5.74) is 1.31. The minimum Gasteiger partial charge on any atom is -0.497 e. The van der Waals surface area contributed by atoms with Crippen LogP contribution >= 0.6 is 11.6 Å². The van der Waals surface area contributed by atoms with E-state index in [1.807, 2.05) is 30.3 Å². The molecule has 1 aliphatic heterocycles. The Kier molecular flexibility index (Phi) is 7.54. The van der Waals surface area contributed by atoms with Gasteiger partial charge in [0.05, 0.1) is 24.4 Å². The highest BCUT2D eigenvalue weighted by atomic mass is 35.5. The quantitative estimate of drug-likeness (QED) is 0.404. The second kappa shape index (κ2) is 10.6. The number of ether oxygens (including phenoxy) is 1. The lowest BCUT2D eigenvalue weighted by atomic mass is 9.98. The van der Waals surface area contributed by atoms with Gasteiger partial charge in [0, 0.05) is 29.6 Å². The van der Waals surface area contributed by atoms with E-state index in [1.54, 1.807) is 25.3 Å². The Morgan fingerprint density at radius 1 is 1.08 bits per heavy atom. The largest absolute Gasteiger partial charge is 0.497 e. The Morgan fingerprint density at radius 2 is 1.78 bits per heavy atom. The first kappa shape index (κ1) is 26.2. The average Bonchev–Trinajstić information content (AvgIpc) is 3.33. The van der Waals surface area contributed by atoms with E-state index in [0.717, 1.165) is 34.7 Å². The molecule has 1 heterocycles. The molecule has 3 aromatic rings. The maximum atomic E-state index is 13.4. The van der Waals surface area contributed by atoms with Crippen LogP contribution in [0, 0.1) is 0 Å². The van der Waals surface area contributed by atoms with Crippen LogP contribution in [-0.2, 0) is 11.0 Å². The lowest BCUT2D eigenvalue weighted by Crippen LogP contribution is -2.39. The van der Waals surface area contributed by atoms with Gasteiger partial charge in [0.2, 0.25) is 0 Å². The highest BCUT2D eigenvalue weighted by molar-refractivity contribution is 6.31. The second-order valence-corrected chi connectivity index (χ2v) is 8.90. The summed E-state index contributed by atoms with van der Waals surface area (Å²) in [5.74, 6) is -0.417. The molecule has 0 unspecified atom stereocenters. The number of amides is 2. The topological polar surface area (TPSA) is 62.2 Å². The van der Waals surface area contributed by atoms with Crippen LogP contribution < -0.4 is 4.74 Å². The van der Waals surface area contributed by atoms with Crippen molar-refractivity contribution in [2.75, 3.05) is 20.7 Å². The monoisotopic (exact) mass is 529 g/mol. The number of likely N-dealkylation sites (N-methyl/N-ethyl adjacent to an activating group) is 1. The number of nitrogens with zero attached hydrogens (tertiary/aromatic N) is 3. The molecule has 0 aromatic heterocycles. The lowest BCUT2D eigenvalue weighted by Gasteiger charge is -2.25. The van der Waals surface area contributed by atoms with E-state index in [1.165, 1.54) is 12.1 Å². The van der Waals surface area contributed by atoms with Crippen molar-refractivity contribution >= 4 is 29.1 Å². The number of hydrogen-bond acceptors (Lipinski definition) is 4. The molecule has 0 saturated carbocycles. The van der Waals surface area contributed by atoms with Gasteiger partial charge in [-0.15, -0.1) is 0 Å². The highest BCUT2D eigenvalue weighted by Crippen LogP contribution is 2.37. The molecule has 1 atom stereocenters. The van der Waals surface area contributed by atoms with Crippen molar-refractivity contribution in [3.05, 3.63) is 100 Å². The van der Waals surface area contributed by atoms with E-state index in [0.29, 0.717) is 28.5 Å². The first-order valence-corrected chi connectivity index (χ1v) is 11.7. The Balaban J connectivity index is 1.58. The van der Waals surface area contributed by atoms with Crippen LogP contribution in [0.25, 0.3) is 0 Å². The van der Waals surface area contributed by atoms with Crippen LogP contribution in [0.2, 0.25) is 5.02 Å². The number of alkyl halides is 3. The van der Waals surface area contributed by atoms with Gasteiger partial charge in [-0.05, 0) is 48.0 Å². The first-order valence-electron chi connectivity index (χ1n) is 11.3. The van der Waals surface area contributed by atoms with Crippen molar-refractivity contribution in [1.29, 1.82) is 0 Å². The molecule has 10 heteroatoms. The van der Waals surface area contributed by atoms with Gasteiger partial charge in [-0.1, -0.05) is 41.9 Å². The summed E-state index contributed by atoms with van der Waals surface area (Å²) in [7, 11) is 2.96. The van der Waals surface area contributed by atoms with Gasteiger partial charge in [0.25, 0.3) is 11.8 Å². The van der Waals surface area contributed by atoms with Gasteiger partial charge >= 0.3 is 6.18 Å². The molecule has 0 spiro atoms. The first-order chi connectivity index (χ1) is 17.6. The predicted octanol–water partition coefficient (Wildman–Crippen LogP) is 5.82. The smallest absolute Gasteiger partial charge is 0.416 e. The fraction of sp³-hybridized carbons (Fsp3) is 0.222. The molecule has 4 rings (SSSR count). The van der Waals surface area contributed by atoms with Gasteiger partial charge in [-0.3, -0.25) is 9.59 Å². The van der Waals surface area contributed by atoms with Crippen molar-refractivity contribution in [2.45, 2.75) is 18.6 Å². The molecule has 0 N–H and O–H groups in total. The summed E-state index contributed by atoms with van der Waals surface area (Å²) in [6, 6.07) is 17.8. The Morgan fingerprint density at radius 3 is 2.43 bits per heavy atom. The zero-order chi connectivity index (χ0) is 26.7. The highest BCUT2D eigenvalue weighted by Gasteiger charge is 2.35. The number of halogens is 4. The van der Waals surface area contributed by atoms with E-state index >= 15 is 0 Å². The molecule has 3 aromatic carbocycles. The van der Waals surface area contributed by atoms with Crippen molar-refractivity contribution in [1.82, 2.24) is 9.91 Å². The summed E-state index contributed by atoms with van der Waals surface area (Å²) in [6.45, 7) is -0.338. The Hall–Kier alpha value is -3.85. The number of rotatable bonds is 6. The summed E-state index contributed by atoms with van der Waals surface area (Å²) in [6.07, 6.45) is -4.12. The third kappa shape index (κ3) is 5.77. The summed E-state index contributed by atoms with van der Waals surface area (Å²) >= 11 is 6.44. The third-order valence-corrected chi connectivity index (χ3v) is 6.36. The van der Waals surface area contributed by atoms with Crippen LogP contribution in [0.1, 0.15) is 39.5 Å². The zero-order valence-corrected chi connectivity index (χ0v) is 20.8. The molecule has 0 fully saturated rings. The van der Waals surface area contributed by atoms with Gasteiger partial charge in [0.15, 0.2) is 0 Å². The van der Waals surface area contributed by atoms with Crippen molar-refractivity contribution < 1.29 is 27.5 Å². The molecule has 6 nitrogen and oxygen atoms in total. The van der Waals surface area contributed by atoms with E-state index in [2.05, 4.69) is 5.10 Å². The van der Waals surface area contributed by atoms with Gasteiger partial charge in [-0.2, -0.15) is 18.3 Å². The molecule has 37 heavy (non-hydrogen) atoms. The SMILES string of the molecule is COc1cccc(C2=NN(C(=O)CN(C)C(=O)c3ccc(C(F)(F)F)cc3)[C@@H](c3ccccc3Cl)C2)c1. The fourth-order valence-electron chi connectivity index (χ4n) is 4.07. The molecular formula is C27H23ClF3N3O3. The predicted molar refractivity (Wildman–Crippen MR) is 134 cm³/mol. The summed E-state index contributed by atoms with van der Waals surface area (Å²) in [5, 5.41) is 6.37. The van der Waals surface area contributed by atoms with Crippen molar-refractivity contribution in [2.24, 2.45) is 5.10 Å². The standard InChI is InChI=1S/C27H23ClF3N3O3/c1-33(26(36)17-10-12-19(13-11-17)27(29,30)31)16-25(35)34-24(21-8-3-4-9-22(21)28)15-23(32-34)18-6-5-7-20(14-18)37-2/h3-14,24H,15-16H2,1-2H3/t24-/m1/s1. The van der Waals surface area contributed by atoms with Crippen molar-refractivity contribution in [3.8, 4) is 5.75 Å². The minimum absolute atomic E-state index is 0.0351. The zero-order valence-electron chi connectivity index (χ0n) is 20.0. The van der Waals surface area contributed by atoms with Crippen LogP contribution in [-0.4, -0.2) is 48.1 Å². The molecular weight excluding hydrogens is 507 g/mol. The van der Waals surface area contributed by atoms with E-state index in [9.17, 15) is 22.8 Å². The molecule has 1 aliphatic rings. The normalized spacial score (nSPS) is 15.4. The number of methoxy groups -OCH3 is 1. The van der Waals surface area contributed by atoms with Gasteiger partial charge in [0.1, 0.15) is 12.3 Å². The average molecular weight is 530 g/mol. The van der Waals surface area contributed by atoms with Crippen LogP contribution in [0.3, 0.4) is 0 Å². The number of carbonyl (C=O) groups excluding carboxylic acids is 2. The molecule has 0 radical (unpaired) electrons.